The number of carbonyl (C=O) groups excluding carboxylic acids is 1. The highest BCUT2D eigenvalue weighted by Gasteiger charge is 2.38. The zero-order chi connectivity index (χ0) is 13.8. The average Bonchev–Trinajstić information content (AvgIpc) is 2.73. The van der Waals surface area contributed by atoms with Gasteiger partial charge in [-0.05, 0) is 30.9 Å². The summed E-state index contributed by atoms with van der Waals surface area (Å²) in [5, 5.41) is 3.48. The molecule has 1 N–H and O–H groups in total. The normalized spacial score (nSPS) is 23.1. The van der Waals surface area contributed by atoms with E-state index in [9.17, 15) is 4.79 Å². The minimum atomic E-state index is -0.0264. The van der Waals surface area contributed by atoms with Gasteiger partial charge in [0.25, 0.3) is 0 Å². The van der Waals surface area contributed by atoms with Crippen LogP contribution in [0.1, 0.15) is 50.4 Å². The van der Waals surface area contributed by atoms with E-state index in [2.05, 4.69) is 38.2 Å². The molecule has 0 aromatic heterocycles. The first-order valence-corrected chi connectivity index (χ1v) is 7.31. The number of nitrogens with zero attached hydrogens (tertiary/aromatic N) is 1. The molecule has 19 heavy (non-hydrogen) atoms. The van der Waals surface area contributed by atoms with Crippen molar-refractivity contribution >= 4 is 5.91 Å². The first-order valence-electron chi connectivity index (χ1n) is 7.31. The monoisotopic (exact) mass is 260 g/mol. The van der Waals surface area contributed by atoms with Crippen molar-refractivity contribution in [2.75, 3.05) is 6.54 Å². The van der Waals surface area contributed by atoms with Crippen LogP contribution in [0.5, 0.6) is 0 Å². The molecule has 0 radical (unpaired) electrons. The molecule has 1 amide bonds. The third-order valence-corrected chi connectivity index (χ3v) is 3.90. The molecular formula is C16H24N2O. The molecule has 1 aromatic carbocycles. The lowest BCUT2D eigenvalue weighted by molar-refractivity contribution is -0.130. The van der Waals surface area contributed by atoms with Crippen molar-refractivity contribution < 1.29 is 4.79 Å². The Hall–Kier alpha value is -1.35. The van der Waals surface area contributed by atoms with E-state index in [1.807, 2.05) is 17.0 Å². The van der Waals surface area contributed by atoms with Gasteiger partial charge in [0.05, 0.1) is 6.04 Å². The summed E-state index contributed by atoms with van der Waals surface area (Å²) in [7, 11) is 0. The molecule has 2 atom stereocenters. The molecule has 0 aliphatic carbocycles. The second-order valence-electron chi connectivity index (χ2n) is 5.27. The fourth-order valence-electron chi connectivity index (χ4n) is 2.69. The first kappa shape index (κ1) is 14.1. The van der Waals surface area contributed by atoms with E-state index in [1.54, 1.807) is 0 Å². The lowest BCUT2D eigenvalue weighted by Crippen LogP contribution is -2.32. The number of carbonyl (C=O) groups is 1. The van der Waals surface area contributed by atoms with E-state index in [0.717, 1.165) is 25.8 Å². The van der Waals surface area contributed by atoms with Gasteiger partial charge in [0, 0.05) is 6.54 Å². The third-order valence-electron chi connectivity index (χ3n) is 3.90. The van der Waals surface area contributed by atoms with E-state index in [-0.39, 0.29) is 18.1 Å². The molecule has 1 heterocycles. The average molecular weight is 260 g/mol. The molecule has 2 rings (SSSR count). The zero-order valence-corrected chi connectivity index (χ0v) is 12.1. The summed E-state index contributed by atoms with van der Waals surface area (Å²) < 4.78 is 0. The van der Waals surface area contributed by atoms with Crippen molar-refractivity contribution in [2.45, 2.75) is 52.2 Å². The Labute approximate surface area is 116 Å². The van der Waals surface area contributed by atoms with Gasteiger partial charge in [-0.2, -0.15) is 0 Å². The highest BCUT2D eigenvalue weighted by Crippen LogP contribution is 2.28. The van der Waals surface area contributed by atoms with E-state index in [0.29, 0.717) is 0 Å². The Morgan fingerprint density at radius 3 is 2.63 bits per heavy atom. The molecule has 1 aliphatic rings. The smallest absolute Gasteiger partial charge is 0.241 e. The Kier molecular flexibility index (Phi) is 4.59. The summed E-state index contributed by atoms with van der Waals surface area (Å²) in [6.07, 6.45) is 3.07. The van der Waals surface area contributed by atoms with Gasteiger partial charge in [-0.1, -0.05) is 44.5 Å². The Morgan fingerprint density at radius 1 is 1.26 bits per heavy atom. The molecule has 0 bridgehead atoms. The number of aryl methyl sites for hydroxylation is 1. The summed E-state index contributed by atoms with van der Waals surface area (Å²) in [4.78, 5) is 14.4. The van der Waals surface area contributed by atoms with E-state index in [4.69, 9.17) is 0 Å². The fraction of sp³-hybridized carbons (Fsp3) is 0.562. The van der Waals surface area contributed by atoms with E-state index < -0.39 is 0 Å². The van der Waals surface area contributed by atoms with Gasteiger partial charge in [0.2, 0.25) is 5.91 Å². The van der Waals surface area contributed by atoms with Gasteiger partial charge in [0.1, 0.15) is 6.17 Å². The number of unbranched alkanes of at least 4 members (excludes halogenated alkanes) is 1. The predicted molar refractivity (Wildman–Crippen MR) is 77.8 cm³/mol. The molecule has 3 heteroatoms. The Bertz CT molecular complexity index is 444. The van der Waals surface area contributed by atoms with Gasteiger partial charge in [-0.25, -0.2) is 0 Å². The first-order chi connectivity index (χ1) is 9.19. The molecule has 104 valence electrons. The summed E-state index contributed by atoms with van der Waals surface area (Å²) in [5.41, 5.74) is 2.47. The summed E-state index contributed by atoms with van der Waals surface area (Å²) in [5.74, 6) is 0.254. The number of nitrogens with one attached hydrogen (secondary N) is 1. The van der Waals surface area contributed by atoms with Crippen molar-refractivity contribution in [1.29, 1.82) is 0 Å². The number of rotatable bonds is 5. The van der Waals surface area contributed by atoms with Crippen LogP contribution in [-0.2, 0) is 4.79 Å². The van der Waals surface area contributed by atoms with Gasteiger partial charge < -0.3 is 4.90 Å². The molecule has 0 spiro atoms. The molecule has 2 unspecified atom stereocenters. The molecule has 1 aromatic rings. The lowest BCUT2D eigenvalue weighted by Gasteiger charge is -2.25. The maximum atomic E-state index is 12.4. The van der Waals surface area contributed by atoms with Crippen LogP contribution in [0.4, 0.5) is 0 Å². The summed E-state index contributed by atoms with van der Waals surface area (Å²) >= 11 is 0. The van der Waals surface area contributed by atoms with Crippen LogP contribution >= 0.6 is 0 Å². The molecule has 1 saturated heterocycles. The number of hydrogen-bond donors (Lipinski definition) is 1. The van der Waals surface area contributed by atoms with Crippen LogP contribution in [0, 0.1) is 6.92 Å². The SMILES string of the molecule is CCCCN1C(=O)C(CC)NC1c1ccccc1C. The van der Waals surface area contributed by atoms with Crippen LogP contribution in [0.25, 0.3) is 0 Å². The topological polar surface area (TPSA) is 32.3 Å². The van der Waals surface area contributed by atoms with Crippen LogP contribution in [-0.4, -0.2) is 23.4 Å². The van der Waals surface area contributed by atoms with Crippen LogP contribution < -0.4 is 5.32 Å². The minimum Gasteiger partial charge on any atom is -0.322 e. The molecule has 3 nitrogen and oxygen atoms in total. The standard InChI is InChI=1S/C16H24N2O/c1-4-6-11-18-15(17-14(5-2)16(18)19)13-10-8-7-9-12(13)3/h7-10,14-15,17H,4-6,11H2,1-3H3. The quantitative estimate of drug-likeness (QED) is 0.882. The highest BCUT2D eigenvalue weighted by molar-refractivity contribution is 5.84. The fourth-order valence-corrected chi connectivity index (χ4v) is 2.69. The van der Waals surface area contributed by atoms with Gasteiger partial charge in [0.15, 0.2) is 0 Å². The Morgan fingerprint density at radius 2 is 2.00 bits per heavy atom. The van der Waals surface area contributed by atoms with Crippen molar-refractivity contribution in [1.82, 2.24) is 10.2 Å². The minimum absolute atomic E-state index is 0.0264. The predicted octanol–water partition coefficient (Wildman–Crippen LogP) is 3.00. The Balaban J connectivity index is 2.26. The summed E-state index contributed by atoms with van der Waals surface area (Å²) in [6, 6.07) is 8.30. The third kappa shape index (κ3) is 2.81. The zero-order valence-electron chi connectivity index (χ0n) is 12.1. The van der Waals surface area contributed by atoms with Crippen LogP contribution in [0.3, 0.4) is 0 Å². The van der Waals surface area contributed by atoms with Gasteiger partial charge in [-0.3, -0.25) is 10.1 Å². The molecule has 1 fully saturated rings. The van der Waals surface area contributed by atoms with Crippen molar-refractivity contribution in [3.63, 3.8) is 0 Å². The van der Waals surface area contributed by atoms with E-state index >= 15 is 0 Å². The van der Waals surface area contributed by atoms with E-state index in [1.165, 1.54) is 11.1 Å². The van der Waals surface area contributed by atoms with Gasteiger partial charge >= 0.3 is 0 Å². The van der Waals surface area contributed by atoms with Crippen LogP contribution in [0.15, 0.2) is 24.3 Å². The maximum Gasteiger partial charge on any atom is 0.241 e. The molecule has 0 saturated carbocycles. The van der Waals surface area contributed by atoms with Crippen LogP contribution in [0.2, 0.25) is 0 Å². The second-order valence-corrected chi connectivity index (χ2v) is 5.27. The number of amides is 1. The highest BCUT2D eigenvalue weighted by atomic mass is 16.2. The summed E-state index contributed by atoms with van der Waals surface area (Å²) in [6.45, 7) is 7.18. The maximum absolute atomic E-state index is 12.4. The molecular weight excluding hydrogens is 236 g/mol. The lowest BCUT2D eigenvalue weighted by atomic mass is 10.1. The van der Waals surface area contributed by atoms with Crippen molar-refractivity contribution in [2.24, 2.45) is 0 Å². The molecule has 1 aliphatic heterocycles. The number of benzene rings is 1. The number of hydrogen-bond acceptors (Lipinski definition) is 2. The van der Waals surface area contributed by atoms with Gasteiger partial charge in [-0.15, -0.1) is 0 Å². The van der Waals surface area contributed by atoms with Crippen molar-refractivity contribution in [3.8, 4) is 0 Å². The second kappa shape index (κ2) is 6.20. The largest absolute Gasteiger partial charge is 0.322 e. The van der Waals surface area contributed by atoms with Crippen molar-refractivity contribution in [3.05, 3.63) is 35.4 Å².